The molecule has 0 spiro atoms. The summed E-state index contributed by atoms with van der Waals surface area (Å²) in [5.74, 6) is 0. The van der Waals surface area contributed by atoms with E-state index in [0.29, 0.717) is 23.1 Å². The SMILES string of the molecule is C/C=C/c1cccc(C(F)(F)F)c1.C/C=C\c1cccc(C(F)(F)F)c1.C=CCc1cccc(C(F)(F)F)c1. The lowest BCUT2D eigenvalue weighted by Gasteiger charge is -2.07. The Bertz CT molecular complexity index is 1160. The summed E-state index contributed by atoms with van der Waals surface area (Å²) >= 11 is 0. The van der Waals surface area contributed by atoms with Gasteiger partial charge in [-0.05, 0) is 67.3 Å². The van der Waals surface area contributed by atoms with E-state index in [2.05, 4.69) is 6.58 Å². The molecule has 0 aliphatic heterocycles. The molecule has 0 amide bonds. The van der Waals surface area contributed by atoms with E-state index < -0.39 is 35.2 Å². The van der Waals surface area contributed by atoms with Crippen LogP contribution < -0.4 is 0 Å². The third-order valence-electron chi connectivity index (χ3n) is 4.78. The van der Waals surface area contributed by atoms with Crippen LogP contribution in [0.25, 0.3) is 12.2 Å². The molecule has 3 aromatic rings. The molecule has 0 atom stereocenters. The highest BCUT2D eigenvalue weighted by molar-refractivity contribution is 5.51. The van der Waals surface area contributed by atoms with E-state index in [4.69, 9.17) is 0 Å². The number of rotatable bonds is 4. The van der Waals surface area contributed by atoms with Crippen LogP contribution in [0.1, 0.15) is 47.2 Å². The zero-order chi connectivity index (χ0) is 29.7. The molecule has 0 fully saturated rings. The molecule has 0 aliphatic carbocycles. The fourth-order valence-electron chi connectivity index (χ4n) is 3.06. The molecule has 3 aromatic carbocycles. The van der Waals surface area contributed by atoms with Gasteiger partial charge in [0.2, 0.25) is 0 Å². The van der Waals surface area contributed by atoms with Crippen molar-refractivity contribution in [3.63, 3.8) is 0 Å². The average Bonchev–Trinajstić information content (AvgIpc) is 2.85. The number of hydrogen-bond donors (Lipinski definition) is 0. The van der Waals surface area contributed by atoms with E-state index in [9.17, 15) is 39.5 Å². The predicted octanol–water partition coefficient (Wildman–Crippen LogP) is 10.9. The zero-order valence-electron chi connectivity index (χ0n) is 21.1. The maximum absolute atomic E-state index is 12.2. The van der Waals surface area contributed by atoms with Gasteiger partial charge >= 0.3 is 18.5 Å². The van der Waals surface area contributed by atoms with Crippen LogP contribution >= 0.6 is 0 Å². The van der Waals surface area contributed by atoms with Gasteiger partial charge in [-0.1, -0.05) is 72.8 Å². The van der Waals surface area contributed by atoms with Gasteiger partial charge in [0.15, 0.2) is 0 Å². The first-order valence-corrected chi connectivity index (χ1v) is 11.5. The third-order valence-corrected chi connectivity index (χ3v) is 4.78. The van der Waals surface area contributed by atoms with Gasteiger partial charge in [0.1, 0.15) is 0 Å². The van der Waals surface area contributed by atoms with Gasteiger partial charge in [-0.2, -0.15) is 39.5 Å². The van der Waals surface area contributed by atoms with Gasteiger partial charge in [0, 0.05) is 0 Å². The Balaban J connectivity index is 0.000000292. The monoisotopic (exact) mass is 558 g/mol. The van der Waals surface area contributed by atoms with Gasteiger partial charge in [0.05, 0.1) is 16.7 Å². The van der Waals surface area contributed by atoms with Crippen LogP contribution in [0.5, 0.6) is 0 Å². The van der Waals surface area contributed by atoms with E-state index in [1.807, 2.05) is 0 Å². The van der Waals surface area contributed by atoms with Crippen LogP contribution in [-0.2, 0) is 24.9 Å². The first-order valence-electron chi connectivity index (χ1n) is 11.5. The van der Waals surface area contributed by atoms with E-state index >= 15 is 0 Å². The summed E-state index contributed by atoms with van der Waals surface area (Å²) < 4.78 is 110. The van der Waals surface area contributed by atoms with Crippen molar-refractivity contribution in [2.45, 2.75) is 38.8 Å². The lowest BCUT2D eigenvalue weighted by atomic mass is 10.1. The minimum Gasteiger partial charge on any atom is -0.166 e. The molecular weight excluding hydrogens is 531 g/mol. The van der Waals surface area contributed by atoms with E-state index in [0.717, 1.165) is 36.4 Å². The molecule has 0 nitrogen and oxygen atoms in total. The molecule has 39 heavy (non-hydrogen) atoms. The molecule has 9 heteroatoms. The molecule has 0 unspecified atom stereocenters. The van der Waals surface area contributed by atoms with Gasteiger partial charge in [-0.25, -0.2) is 0 Å². The van der Waals surface area contributed by atoms with E-state index in [1.54, 1.807) is 62.4 Å². The number of halogens is 9. The first-order chi connectivity index (χ1) is 18.1. The largest absolute Gasteiger partial charge is 0.416 e. The lowest BCUT2D eigenvalue weighted by Crippen LogP contribution is -2.04. The summed E-state index contributed by atoms with van der Waals surface area (Å²) in [5, 5.41) is 0. The van der Waals surface area contributed by atoms with Crippen LogP contribution in [0.4, 0.5) is 39.5 Å². The van der Waals surface area contributed by atoms with Crippen LogP contribution in [-0.4, -0.2) is 0 Å². The number of allylic oxidation sites excluding steroid dienone is 3. The van der Waals surface area contributed by atoms with Gasteiger partial charge in [0.25, 0.3) is 0 Å². The van der Waals surface area contributed by atoms with Gasteiger partial charge in [-0.15, -0.1) is 6.58 Å². The summed E-state index contributed by atoms with van der Waals surface area (Å²) in [5.41, 5.74) is -0.0578. The normalized spacial score (nSPS) is 12.0. The second-order valence-electron chi connectivity index (χ2n) is 7.94. The molecule has 0 aliphatic rings. The molecule has 0 heterocycles. The standard InChI is InChI=1S/3C10H9F3/c3*1-2-4-8-5-3-6-9(7-8)10(11,12)13/h2*2-7H,1H3;2-3,5-7H,1,4H2/b4-2+;4-2-;. The van der Waals surface area contributed by atoms with E-state index in [-0.39, 0.29) is 0 Å². The van der Waals surface area contributed by atoms with Crippen molar-refractivity contribution in [1.82, 2.24) is 0 Å². The quantitative estimate of drug-likeness (QED) is 0.221. The van der Waals surface area contributed by atoms with E-state index in [1.165, 1.54) is 18.2 Å². The van der Waals surface area contributed by atoms with Crippen molar-refractivity contribution in [3.8, 4) is 0 Å². The fraction of sp³-hybridized carbons (Fsp3) is 0.200. The summed E-state index contributed by atoms with van der Waals surface area (Å²) in [6.45, 7) is 6.99. The molecule has 3 rings (SSSR count). The Morgan fingerprint density at radius 1 is 0.564 bits per heavy atom. The van der Waals surface area contributed by atoms with Gasteiger partial charge in [-0.3, -0.25) is 0 Å². The van der Waals surface area contributed by atoms with Crippen LogP contribution in [0.3, 0.4) is 0 Å². The Labute approximate surface area is 221 Å². The molecule has 0 bridgehead atoms. The van der Waals surface area contributed by atoms with Crippen LogP contribution in [0.15, 0.2) is 97.6 Å². The second kappa shape index (κ2) is 15.0. The van der Waals surface area contributed by atoms with Crippen molar-refractivity contribution < 1.29 is 39.5 Å². The maximum atomic E-state index is 12.2. The smallest absolute Gasteiger partial charge is 0.166 e. The fourth-order valence-corrected chi connectivity index (χ4v) is 3.06. The Kier molecular flexibility index (Phi) is 12.8. The Morgan fingerprint density at radius 2 is 0.923 bits per heavy atom. The van der Waals surface area contributed by atoms with Crippen molar-refractivity contribution >= 4 is 12.2 Å². The highest BCUT2D eigenvalue weighted by atomic mass is 19.4. The zero-order valence-corrected chi connectivity index (χ0v) is 21.1. The molecule has 0 saturated carbocycles. The maximum Gasteiger partial charge on any atom is 0.416 e. The molecular formula is C30H27F9. The van der Waals surface area contributed by atoms with Crippen LogP contribution in [0, 0.1) is 0 Å². The molecule has 0 N–H and O–H groups in total. The van der Waals surface area contributed by atoms with Crippen LogP contribution in [0.2, 0.25) is 0 Å². The average molecular weight is 559 g/mol. The molecule has 210 valence electrons. The second-order valence-corrected chi connectivity index (χ2v) is 7.94. The number of hydrogen-bond acceptors (Lipinski definition) is 0. The minimum atomic E-state index is -4.25. The predicted molar refractivity (Wildman–Crippen MR) is 138 cm³/mol. The van der Waals surface area contributed by atoms with Crippen molar-refractivity contribution in [3.05, 3.63) is 131 Å². The number of alkyl halides is 9. The summed E-state index contributed by atoms with van der Waals surface area (Å²) in [6, 6.07) is 15.7. The van der Waals surface area contributed by atoms with Gasteiger partial charge < -0.3 is 0 Å². The number of benzene rings is 3. The first kappa shape index (κ1) is 33.3. The minimum absolute atomic E-state index is 0.462. The van der Waals surface area contributed by atoms with Crippen molar-refractivity contribution in [1.29, 1.82) is 0 Å². The Morgan fingerprint density at radius 3 is 1.26 bits per heavy atom. The highest BCUT2D eigenvalue weighted by Crippen LogP contribution is 2.31. The molecule has 0 saturated heterocycles. The molecule has 0 aromatic heterocycles. The topological polar surface area (TPSA) is 0 Å². The van der Waals surface area contributed by atoms with Crippen molar-refractivity contribution in [2.24, 2.45) is 0 Å². The third kappa shape index (κ3) is 12.6. The van der Waals surface area contributed by atoms with Crippen molar-refractivity contribution in [2.75, 3.05) is 0 Å². The lowest BCUT2D eigenvalue weighted by molar-refractivity contribution is -0.138. The molecule has 0 radical (unpaired) electrons. The summed E-state index contributed by atoms with van der Waals surface area (Å²) in [7, 11) is 0. The Hall–Kier alpha value is -3.75. The summed E-state index contributed by atoms with van der Waals surface area (Å²) in [6.07, 6.45) is -4.04. The summed E-state index contributed by atoms with van der Waals surface area (Å²) in [4.78, 5) is 0. The highest BCUT2D eigenvalue weighted by Gasteiger charge is 2.31.